The third-order valence-corrected chi connectivity index (χ3v) is 6.47. The number of carbonyl (C=O) groups excluding carboxylic acids is 1. The molecule has 0 aliphatic heterocycles. The van der Waals surface area contributed by atoms with Crippen LogP contribution in [0.1, 0.15) is 18.5 Å². The van der Waals surface area contributed by atoms with Crippen molar-refractivity contribution in [1.29, 1.82) is 0 Å². The van der Waals surface area contributed by atoms with Crippen LogP contribution in [0.15, 0.2) is 78.1 Å². The van der Waals surface area contributed by atoms with Crippen molar-refractivity contribution in [3.05, 3.63) is 78.6 Å². The molecule has 1 N–H and O–H groups in total. The van der Waals surface area contributed by atoms with Gasteiger partial charge in [0.15, 0.2) is 0 Å². The molecule has 140 valence electrons. The number of rotatable bonds is 6. The van der Waals surface area contributed by atoms with Crippen LogP contribution >= 0.6 is 23.1 Å². The molecule has 0 saturated heterocycles. The van der Waals surface area contributed by atoms with Crippen LogP contribution in [0.3, 0.4) is 0 Å². The summed E-state index contributed by atoms with van der Waals surface area (Å²) >= 11 is 3.09. The maximum atomic E-state index is 12.4. The first-order valence-electron chi connectivity index (χ1n) is 8.98. The van der Waals surface area contributed by atoms with E-state index in [1.54, 1.807) is 17.7 Å². The number of amides is 1. The Morgan fingerprint density at radius 2 is 1.79 bits per heavy atom. The maximum absolute atomic E-state index is 12.4. The second kappa shape index (κ2) is 8.54. The number of hydrogen-bond donors (Lipinski definition) is 1. The van der Waals surface area contributed by atoms with Gasteiger partial charge in [-0.25, -0.2) is 9.97 Å². The zero-order chi connectivity index (χ0) is 19.3. The van der Waals surface area contributed by atoms with Gasteiger partial charge in [-0.05, 0) is 24.1 Å². The molecule has 4 aromatic rings. The van der Waals surface area contributed by atoms with Crippen LogP contribution in [-0.2, 0) is 4.79 Å². The normalized spacial score (nSPS) is 12.0. The minimum Gasteiger partial charge on any atom is -0.349 e. The molecule has 2 aromatic heterocycles. The van der Waals surface area contributed by atoms with Crippen molar-refractivity contribution in [1.82, 2.24) is 15.3 Å². The van der Waals surface area contributed by atoms with E-state index in [0.29, 0.717) is 5.75 Å². The lowest BCUT2D eigenvalue weighted by Gasteiger charge is -2.14. The fourth-order valence-electron chi connectivity index (χ4n) is 2.94. The number of nitrogens with one attached hydrogen (secondary N) is 1. The molecular weight excluding hydrogens is 386 g/mol. The number of thiophene rings is 1. The Kier molecular flexibility index (Phi) is 5.69. The zero-order valence-electron chi connectivity index (χ0n) is 15.3. The van der Waals surface area contributed by atoms with E-state index in [4.69, 9.17) is 0 Å². The first-order chi connectivity index (χ1) is 13.7. The van der Waals surface area contributed by atoms with Crippen LogP contribution in [0.2, 0.25) is 0 Å². The number of thioether (sulfide) groups is 1. The third-order valence-electron chi connectivity index (χ3n) is 4.37. The summed E-state index contributed by atoms with van der Waals surface area (Å²) in [4.78, 5) is 23.3. The van der Waals surface area contributed by atoms with Crippen molar-refractivity contribution in [3.8, 4) is 10.4 Å². The molecule has 0 aliphatic rings. The average Bonchev–Trinajstić information content (AvgIpc) is 3.18. The molecule has 4 rings (SSSR count). The fourth-order valence-corrected chi connectivity index (χ4v) is 4.79. The number of carbonyl (C=O) groups is 1. The van der Waals surface area contributed by atoms with Gasteiger partial charge in [0, 0.05) is 10.3 Å². The molecule has 0 unspecified atom stereocenters. The second-order valence-electron chi connectivity index (χ2n) is 6.36. The zero-order valence-corrected chi connectivity index (χ0v) is 17.0. The van der Waals surface area contributed by atoms with E-state index in [1.165, 1.54) is 11.8 Å². The van der Waals surface area contributed by atoms with Gasteiger partial charge in [-0.15, -0.1) is 11.3 Å². The lowest BCUT2D eigenvalue weighted by Crippen LogP contribution is -2.28. The van der Waals surface area contributed by atoms with Crippen LogP contribution in [-0.4, -0.2) is 21.6 Å². The van der Waals surface area contributed by atoms with Crippen LogP contribution < -0.4 is 5.32 Å². The van der Waals surface area contributed by atoms with E-state index in [-0.39, 0.29) is 11.9 Å². The van der Waals surface area contributed by atoms with E-state index in [1.807, 2.05) is 55.5 Å². The smallest absolute Gasteiger partial charge is 0.230 e. The summed E-state index contributed by atoms with van der Waals surface area (Å²) in [7, 11) is 0. The maximum Gasteiger partial charge on any atom is 0.230 e. The molecule has 4 nitrogen and oxygen atoms in total. The first-order valence-corrected chi connectivity index (χ1v) is 10.8. The van der Waals surface area contributed by atoms with E-state index in [9.17, 15) is 4.79 Å². The monoisotopic (exact) mass is 405 g/mol. The summed E-state index contributed by atoms with van der Waals surface area (Å²) in [6.07, 6.45) is 1.57. The third kappa shape index (κ3) is 4.24. The van der Waals surface area contributed by atoms with E-state index < -0.39 is 0 Å². The predicted molar refractivity (Wildman–Crippen MR) is 117 cm³/mol. The predicted octanol–water partition coefficient (Wildman–Crippen LogP) is 5.33. The van der Waals surface area contributed by atoms with Crippen molar-refractivity contribution in [2.45, 2.75) is 18.0 Å². The number of fused-ring (bicyclic) bond motifs is 1. The Labute approximate surface area is 172 Å². The molecule has 2 aromatic carbocycles. The van der Waals surface area contributed by atoms with Crippen LogP contribution in [0.25, 0.3) is 20.7 Å². The van der Waals surface area contributed by atoms with Gasteiger partial charge in [-0.3, -0.25) is 4.79 Å². The number of hydrogen-bond acceptors (Lipinski definition) is 5. The van der Waals surface area contributed by atoms with Gasteiger partial charge in [0.1, 0.15) is 16.2 Å². The van der Waals surface area contributed by atoms with Crippen molar-refractivity contribution >= 4 is 39.2 Å². The highest BCUT2D eigenvalue weighted by atomic mass is 32.2. The summed E-state index contributed by atoms with van der Waals surface area (Å²) in [6, 6.07) is 22.3. The summed E-state index contributed by atoms with van der Waals surface area (Å²) < 4.78 is 0. The van der Waals surface area contributed by atoms with E-state index in [0.717, 1.165) is 31.2 Å². The average molecular weight is 406 g/mol. The van der Waals surface area contributed by atoms with Crippen LogP contribution in [0.4, 0.5) is 0 Å². The van der Waals surface area contributed by atoms with Gasteiger partial charge in [0.05, 0.1) is 11.8 Å². The standard InChI is InChI=1S/C22H19N3OS2/c1-15(16-8-4-2-5-9-16)25-20(26)13-27-21-18-12-19(17-10-6-3-7-11-17)28-22(18)24-14-23-21/h2-12,14-15H,13H2,1H3,(H,25,26)/t15-/m0/s1. The Morgan fingerprint density at radius 3 is 2.54 bits per heavy atom. The minimum absolute atomic E-state index is 0.00775. The molecule has 0 fully saturated rings. The van der Waals surface area contributed by atoms with Crippen LogP contribution in [0, 0.1) is 0 Å². The number of aromatic nitrogens is 2. The first kappa shape index (κ1) is 18.7. The molecule has 0 radical (unpaired) electrons. The van der Waals surface area contributed by atoms with Gasteiger partial charge >= 0.3 is 0 Å². The molecule has 0 aliphatic carbocycles. The molecular formula is C22H19N3OS2. The van der Waals surface area contributed by atoms with Crippen molar-refractivity contribution in [2.24, 2.45) is 0 Å². The highest BCUT2D eigenvalue weighted by Gasteiger charge is 2.14. The molecule has 1 atom stereocenters. The number of nitrogens with zero attached hydrogens (tertiary/aromatic N) is 2. The molecule has 0 bridgehead atoms. The molecule has 28 heavy (non-hydrogen) atoms. The summed E-state index contributed by atoms with van der Waals surface area (Å²) in [5.74, 6) is 0.311. The topological polar surface area (TPSA) is 54.9 Å². The second-order valence-corrected chi connectivity index (χ2v) is 8.36. The summed E-state index contributed by atoms with van der Waals surface area (Å²) in [5.41, 5.74) is 2.26. The summed E-state index contributed by atoms with van der Waals surface area (Å²) in [5, 5.41) is 4.88. The minimum atomic E-state index is -0.0226. The van der Waals surface area contributed by atoms with E-state index >= 15 is 0 Å². The molecule has 0 spiro atoms. The highest BCUT2D eigenvalue weighted by molar-refractivity contribution is 8.00. The lowest BCUT2D eigenvalue weighted by molar-refractivity contribution is -0.119. The molecule has 0 saturated carbocycles. The Morgan fingerprint density at radius 1 is 1.07 bits per heavy atom. The SMILES string of the molecule is C[C@H](NC(=O)CSc1ncnc2sc(-c3ccccc3)cc12)c1ccccc1. The molecule has 6 heteroatoms. The Balaban J connectivity index is 1.46. The largest absolute Gasteiger partial charge is 0.349 e. The van der Waals surface area contributed by atoms with Gasteiger partial charge in [0.2, 0.25) is 5.91 Å². The fraction of sp³-hybridized carbons (Fsp3) is 0.136. The van der Waals surface area contributed by atoms with Crippen molar-refractivity contribution < 1.29 is 4.79 Å². The van der Waals surface area contributed by atoms with Gasteiger partial charge < -0.3 is 5.32 Å². The summed E-state index contributed by atoms with van der Waals surface area (Å²) in [6.45, 7) is 1.99. The number of benzene rings is 2. The highest BCUT2D eigenvalue weighted by Crippen LogP contribution is 2.36. The molecule has 2 heterocycles. The van der Waals surface area contributed by atoms with Gasteiger partial charge in [0.25, 0.3) is 0 Å². The van der Waals surface area contributed by atoms with Gasteiger partial charge in [-0.1, -0.05) is 72.4 Å². The Hall–Kier alpha value is -2.70. The van der Waals surface area contributed by atoms with Gasteiger partial charge in [-0.2, -0.15) is 0 Å². The van der Waals surface area contributed by atoms with Crippen molar-refractivity contribution in [3.63, 3.8) is 0 Å². The van der Waals surface area contributed by atoms with Crippen molar-refractivity contribution in [2.75, 3.05) is 5.75 Å². The quantitative estimate of drug-likeness (QED) is 0.348. The molecule has 1 amide bonds. The lowest BCUT2D eigenvalue weighted by atomic mass is 10.1. The van der Waals surface area contributed by atoms with Crippen LogP contribution in [0.5, 0.6) is 0 Å². The van der Waals surface area contributed by atoms with E-state index in [2.05, 4.69) is 33.5 Å². The Bertz CT molecular complexity index is 1080.